The normalized spacial score (nSPS) is 11.4. The van der Waals surface area contributed by atoms with E-state index in [4.69, 9.17) is 5.11 Å². The smallest absolute Gasteiger partial charge is 0.437 e. The molecule has 0 bridgehead atoms. The first-order valence-corrected chi connectivity index (χ1v) is 3.60. The van der Waals surface area contributed by atoms with Gasteiger partial charge in [0, 0.05) is 6.92 Å². The largest absolute Gasteiger partial charge is 0.506 e. The number of carbonyl (C=O) groups excluding carboxylic acids is 1. The lowest BCUT2D eigenvalue weighted by Gasteiger charge is -2.08. The van der Waals surface area contributed by atoms with Crippen molar-refractivity contribution in [3.8, 4) is 5.75 Å². The van der Waals surface area contributed by atoms with Crippen molar-refractivity contribution in [2.75, 3.05) is 0 Å². The van der Waals surface area contributed by atoms with Crippen LogP contribution >= 0.6 is 0 Å². The van der Waals surface area contributed by atoms with Crippen LogP contribution in [0.4, 0.5) is 13.2 Å². The Balaban J connectivity index is 3.29. The zero-order valence-corrected chi connectivity index (χ0v) is 7.09. The number of aromatic nitrogens is 1. The predicted octanol–water partition coefficient (Wildman–Crippen LogP) is 2.01. The lowest BCUT2D eigenvalue weighted by atomic mass is 10.2. The van der Waals surface area contributed by atoms with Gasteiger partial charge in [0.1, 0.15) is 11.4 Å². The van der Waals surface area contributed by atoms with E-state index in [-0.39, 0.29) is 5.69 Å². The highest BCUT2D eigenvalue weighted by Gasteiger charge is 2.36. The number of Topliss-reactive ketones (excluding diaryl/α,β-unsaturated/α-hetero) is 1. The van der Waals surface area contributed by atoms with Gasteiger partial charge in [-0.1, -0.05) is 0 Å². The zero-order valence-electron chi connectivity index (χ0n) is 7.09. The minimum Gasteiger partial charge on any atom is -0.506 e. The van der Waals surface area contributed by atoms with Crippen LogP contribution in [0.15, 0.2) is 12.1 Å². The van der Waals surface area contributed by atoms with Crippen LogP contribution in [-0.4, -0.2) is 15.9 Å². The van der Waals surface area contributed by atoms with E-state index in [9.17, 15) is 18.0 Å². The number of ketones is 1. The van der Waals surface area contributed by atoms with E-state index >= 15 is 0 Å². The predicted molar refractivity (Wildman–Crippen MR) is 40.9 cm³/mol. The number of alkyl halides is 3. The second-order valence-electron chi connectivity index (χ2n) is 2.62. The summed E-state index contributed by atoms with van der Waals surface area (Å²) >= 11 is 0. The summed E-state index contributed by atoms with van der Waals surface area (Å²) in [4.78, 5) is 13.7. The van der Waals surface area contributed by atoms with Gasteiger partial charge in [-0.2, -0.15) is 13.2 Å². The molecule has 1 rings (SSSR count). The Labute approximate surface area is 77.2 Å². The highest BCUT2D eigenvalue weighted by Crippen LogP contribution is 2.33. The van der Waals surface area contributed by atoms with Gasteiger partial charge in [-0.3, -0.25) is 4.79 Å². The molecule has 76 valence electrons. The minimum atomic E-state index is -4.75. The van der Waals surface area contributed by atoms with Gasteiger partial charge in [0.25, 0.3) is 0 Å². The molecule has 0 amide bonds. The van der Waals surface area contributed by atoms with Gasteiger partial charge in [0.15, 0.2) is 11.5 Å². The van der Waals surface area contributed by atoms with Crippen LogP contribution in [0.5, 0.6) is 5.75 Å². The molecule has 0 atom stereocenters. The van der Waals surface area contributed by atoms with Crippen molar-refractivity contribution in [3.05, 3.63) is 23.5 Å². The molecule has 0 spiro atoms. The Morgan fingerprint density at radius 1 is 1.43 bits per heavy atom. The van der Waals surface area contributed by atoms with E-state index in [0.717, 1.165) is 19.1 Å². The molecule has 0 fully saturated rings. The van der Waals surface area contributed by atoms with E-state index in [0.29, 0.717) is 0 Å². The number of carbonyl (C=O) groups is 1. The third kappa shape index (κ3) is 2.01. The number of halogens is 3. The third-order valence-electron chi connectivity index (χ3n) is 1.50. The molecule has 1 N–H and O–H groups in total. The molecular weight excluding hydrogens is 199 g/mol. The first-order chi connectivity index (χ1) is 6.32. The van der Waals surface area contributed by atoms with Crippen LogP contribution in [0.2, 0.25) is 0 Å². The Kier molecular flexibility index (Phi) is 2.46. The van der Waals surface area contributed by atoms with Gasteiger partial charge in [-0.15, -0.1) is 0 Å². The Hall–Kier alpha value is -1.59. The highest BCUT2D eigenvalue weighted by molar-refractivity contribution is 5.92. The van der Waals surface area contributed by atoms with Gasteiger partial charge in [0.05, 0.1) is 0 Å². The monoisotopic (exact) mass is 205 g/mol. The summed E-state index contributed by atoms with van der Waals surface area (Å²) in [6.07, 6.45) is -4.75. The standard InChI is InChI=1S/C8H6F3NO2/c1-4(13)5-2-3-6(14)7(12-5)8(9,10)11/h2-3,14H,1H3. The number of pyridine rings is 1. The molecule has 0 aromatic carbocycles. The Morgan fingerprint density at radius 3 is 2.43 bits per heavy atom. The van der Waals surface area contributed by atoms with Crippen LogP contribution in [0.25, 0.3) is 0 Å². The molecule has 1 heterocycles. The highest BCUT2D eigenvalue weighted by atomic mass is 19.4. The van der Waals surface area contributed by atoms with Crippen molar-refractivity contribution in [3.63, 3.8) is 0 Å². The minimum absolute atomic E-state index is 0.324. The van der Waals surface area contributed by atoms with Crippen molar-refractivity contribution >= 4 is 5.78 Å². The summed E-state index contributed by atoms with van der Waals surface area (Å²) in [5.74, 6) is -1.57. The molecule has 0 saturated carbocycles. The van der Waals surface area contributed by atoms with Crippen LogP contribution in [-0.2, 0) is 6.18 Å². The first-order valence-electron chi connectivity index (χ1n) is 3.60. The fourth-order valence-corrected chi connectivity index (χ4v) is 0.856. The van der Waals surface area contributed by atoms with Crippen LogP contribution in [0.3, 0.4) is 0 Å². The van der Waals surface area contributed by atoms with E-state index in [1.807, 2.05) is 0 Å². The number of rotatable bonds is 1. The summed E-state index contributed by atoms with van der Waals surface area (Å²) in [6, 6.07) is 1.83. The average molecular weight is 205 g/mol. The van der Waals surface area contributed by atoms with Crippen molar-refractivity contribution in [2.24, 2.45) is 0 Å². The molecule has 0 aliphatic rings. The maximum absolute atomic E-state index is 12.2. The van der Waals surface area contributed by atoms with Gasteiger partial charge in [-0.05, 0) is 12.1 Å². The van der Waals surface area contributed by atoms with Crippen LogP contribution < -0.4 is 0 Å². The fraction of sp³-hybridized carbons (Fsp3) is 0.250. The van der Waals surface area contributed by atoms with E-state index in [1.165, 1.54) is 0 Å². The van der Waals surface area contributed by atoms with Crippen molar-refractivity contribution in [1.82, 2.24) is 4.98 Å². The number of hydrogen-bond acceptors (Lipinski definition) is 3. The Bertz CT molecular complexity index is 373. The van der Waals surface area contributed by atoms with Gasteiger partial charge < -0.3 is 5.11 Å². The average Bonchev–Trinajstić information content (AvgIpc) is 2.02. The topological polar surface area (TPSA) is 50.2 Å². The van der Waals surface area contributed by atoms with E-state index < -0.39 is 23.4 Å². The molecule has 0 aliphatic heterocycles. The maximum Gasteiger partial charge on any atom is 0.437 e. The van der Waals surface area contributed by atoms with E-state index in [2.05, 4.69) is 4.98 Å². The van der Waals surface area contributed by atoms with Crippen molar-refractivity contribution < 1.29 is 23.1 Å². The fourth-order valence-electron chi connectivity index (χ4n) is 0.856. The van der Waals surface area contributed by atoms with Gasteiger partial charge in [0.2, 0.25) is 0 Å². The third-order valence-corrected chi connectivity index (χ3v) is 1.50. The zero-order chi connectivity index (χ0) is 10.9. The van der Waals surface area contributed by atoms with Crippen molar-refractivity contribution in [2.45, 2.75) is 13.1 Å². The first kappa shape index (κ1) is 10.5. The lowest BCUT2D eigenvalue weighted by Crippen LogP contribution is -2.11. The molecule has 0 aliphatic carbocycles. The SMILES string of the molecule is CC(=O)c1ccc(O)c(C(F)(F)F)n1. The molecule has 1 aromatic rings. The summed E-state index contributed by atoms with van der Waals surface area (Å²) < 4.78 is 36.5. The van der Waals surface area contributed by atoms with Gasteiger partial charge in [-0.25, -0.2) is 4.98 Å². The Morgan fingerprint density at radius 2 is 2.00 bits per heavy atom. The molecular formula is C8H6F3NO2. The van der Waals surface area contributed by atoms with Crippen LogP contribution in [0.1, 0.15) is 23.1 Å². The van der Waals surface area contributed by atoms with Crippen LogP contribution in [0, 0.1) is 0 Å². The summed E-state index contributed by atoms with van der Waals surface area (Å²) in [6.45, 7) is 1.10. The summed E-state index contributed by atoms with van der Waals surface area (Å²) in [7, 11) is 0. The molecule has 0 radical (unpaired) electrons. The number of hydrogen-bond donors (Lipinski definition) is 1. The van der Waals surface area contributed by atoms with E-state index in [1.54, 1.807) is 0 Å². The molecule has 14 heavy (non-hydrogen) atoms. The molecule has 0 saturated heterocycles. The quantitative estimate of drug-likeness (QED) is 0.713. The summed E-state index contributed by atoms with van der Waals surface area (Å²) in [5, 5.41) is 8.86. The second-order valence-corrected chi connectivity index (χ2v) is 2.62. The number of nitrogens with zero attached hydrogens (tertiary/aromatic N) is 1. The van der Waals surface area contributed by atoms with Crippen molar-refractivity contribution in [1.29, 1.82) is 0 Å². The number of aromatic hydroxyl groups is 1. The van der Waals surface area contributed by atoms with Gasteiger partial charge >= 0.3 is 6.18 Å². The lowest BCUT2D eigenvalue weighted by molar-refractivity contribution is -0.142. The molecule has 0 unspecified atom stereocenters. The maximum atomic E-state index is 12.2. The molecule has 6 heteroatoms. The summed E-state index contributed by atoms with van der Waals surface area (Å²) in [5.41, 5.74) is -1.76. The molecule has 1 aromatic heterocycles. The molecule has 3 nitrogen and oxygen atoms in total. The second kappa shape index (κ2) is 3.28.